The Balaban J connectivity index is 1.84. The molecule has 1 unspecified atom stereocenters. The van der Waals surface area contributed by atoms with Crippen LogP contribution in [-0.2, 0) is 0 Å². The number of nitrogens with zero attached hydrogens (tertiary/aromatic N) is 2. The van der Waals surface area contributed by atoms with E-state index in [1.165, 1.54) is 12.1 Å². The molecule has 6 heteroatoms. The summed E-state index contributed by atoms with van der Waals surface area (Å²) in [6, 6.07) is 10.1. The van der Waals surface area contributed by atoms with Crippen molar-refractivity contribution in [3.8, 4) is 22.4 Å². The van der Waals surface area contributed by atoms with Gasteiger partial charge in [0.05, 0.1) is 24.5 Å². The average Bonchev–Trinajstić information content (AvgIpc) is 3.18. The molecule has 0 bridgehead atoms. The Morgan fingerprint density at radius 1 is 1.19 bits per heavy atom. The third kappa shape index (κ3) is 4.71. The third-order valence-corrected chi connectivity index (χ3v) is 4.80. The highest BCUT2D eigenvalue weighted by atomic mass is 19.1. The van der Waals surface area contributed by atoms with Gasteiger partial charge in [0.2, 0.25) is 0 Å². The van der Waals surface area contributed by atoms with E-state index in [4.69, 9.17) is 0 Å². The first-order valence-electron chi connectivity index (χ1n) is 9.23. The van der Waals surface area contributed by atoms with Crippen molar-refractivity contribution in [3.05, 3.63) is 54.6 Å². The summed E-state index contributed by atoms with van der Waals surface area (Å²) in [7, 11) is 0. The number of aromatic nitrogens is 3. The Labute approximate surface area is 158 Å². The molecule has 3 rings (SSSR count). The van der Waals surface area contributed by atoms with Gasteiger partial charge in [-0.1, -0.05) is 20.3 Å². The van der Waals surface area contributed by atoms with Crippen molar-refractivity contribution < 1.29 is 9.50 Å². The Morgan fingerprint density at radius 3 is 2.67 bits per heavy atom. The average molecular weight is 368 g/mol. The van der Waals surface area contributed by atoms with Crippen molar-refractivity contribution in [2.75, 3.05) is 11.9 Å². The van der Waals surface area contributed by atoms with Crippen LogP contribution in [0.15, 0.2) is 48.8 Å². The highest BCUT2D eigenvalue weighted by Gasteiger charge is 2.14. The third-order valence-electron chi connectivity index (χ3n) is 4.80. The number of aliphatic hydroxyl groups is 1. The van der Waals surface area contributed by atoms with Crippen molar-refractivity contribution in [2.45, 2.75) is 32.7 Å². The molecule has 0 saturated heterocycles. The number of hydrogen-bond acceptors (Lipinski definition) is 4. The van der Waals surface area contributed by atoms with Crippen LogP contribution in [0.4, 0.5) is 10.2 Å². The van der Waals surface area contributed by atoms with Gasteiger partial charge in [0.25, 0.3) is 0 Å². The van der Waals surface area contributed by atoms with Crippen LogP contribution >= 0.6 is 0 Å². The van der Waals surface area contributed by atoms with Crippen molar-refractivity contribution >= 4 is 5.82 Å². The van der Waals surface area contributed by atoms with Crippen molar-refractivity contribution in [1.82, 2.24) is 15.2 Å². The van der Waals surface area contributed by atoms with Crippen LogP contribution < -0.4 is 5.32 Å². The zero-order valence-corrected chi connectivity index (χ0v) is 15.6. The lowest BCUT2D eigenvalue weighted by Crippen LogP contribution is -2.26. The molecule has 0 fully saturated rings. The number of benzene rings is 1. The molecule has 27 heavy (non-hydrogen) atoms. The summed E-state index contributed by atoms with van der Waals surface area (Å²) in [6.07, 6.45) is 5.43. The summed E-state index contributed by atoms with van der Waals surface area (Å²) >= 11 is 0. The monoisotopic (exact) mass is 368 g/mol. The van der Waals surface area contributed by atoms with E-state index in [1.807, 2.05) is 12.1 Å². The summed E-state index contributed by atoms with van der Waals surface area (Å²) in [5.74, 6) is 0.962. The first kappa shape index (κ1) is 19.0. The molecule has 0 radical (unpaired) electrons. The number of hydrogen-bond donors (Lipinski definition) is 3. The van der Waals surface area contributed by atoms with Gasteiger partial charge in [-0.25, -0.2) is 9.37 Å². The van der Waals surface area contributed by atoms with E-state index in [2.05, 4.69) is 34.3 Å². The van der Waals surface area contributed by atoms with Crippen LogP contribution in [0.1, 0.15) is 26.7 Å². The molecule has 0 aliphatic heterocycles. The molecule has 0 aliphatic carbocycles. The minimum Gasteiger partial charge on any atom is -0.394 e. The van der Waals surface area contributed by atoms with Crippen molar-refractivity contribution in [1.29, 1.82) is 0 Å². The predicted octanol–water partition coefficient (Wildman–Crippen LogP) is 4.49. The molecular weight excluding hydrogens is 343 g/mol. The fraction of sp³-hybridized carbons (Fsp3) is 0.333. The van der Waals surface area contributed by atoms with E-state index < -0.39 is 0 Å². The molecule has 2 atom stereocenters. The number of pyridine rings is 1. The number of aliphatic hydroxyl groups excluding tert-OH is 1. The molecule has 3 N–H and O–H groups in total. The van der Waals surface area contributed by atoms with Crippen molar-refractivity contribution in [3.63, 3.8) is 0 Å². The molecule has 0 saturated carbocycles. The second-order valence-corrected chi connectivity index (χ2v) is 6.87. The van der Waals surface area contributed by atoms with E-state index in [1.54, 1.807) is 24.5 Å². The minimum absolute atomic E-state index is 0.0383. The number of H-pyrrole nitrogens is 1. The van der Waals surface area contributed by atoms with E-state index in [9.17, 15) is 9.50 Å². The second-order valence-electron chi connectivity index (χ2n) is 6.87. The highest BCUT2D eigenvalue weighted by molar-refractivity contribution is 5.81. The van der Waals surface area contributed by atoms with Crippen LogP contribution in [0, 0.1) is 11.7 Å². The lowest BCUT2D eigenvalue weighted by atomic mass is 9.99. The number of aromatic amines is 1. The number of anilines is 1. The van der Waals surface area contributed by atoms with Crippen LogP contribution in [0.5, 0.6) is 0 Å². The molecule has 0 spiro atoms. The number of halogens is 1. The first-order chi connectivity index (χ1) is 13.1. The van der Waals surface area contributed by atoms with E-state index >= 15 is 0 Å². The van der Waals surface area contributed by atoms with Crippen molar-refractivity contribution in [2.24, 2.45) is 5.92 Å². The van der Waals surface area contributed by atoms with Gasteiger partial charge in [0, 0.05) is 17.3 Å². The molecule has 0 aliphatic rings. The highest BCUT2D eigenvalue weighted by Crippen LogP contribution is 2.31. The topological polar surface area (TPSA) is 73.8 Å². The summed E-state index contributed by atoms with van der Waals surface area (Å²) in [5, 5.41) is 20.1. The van der Waals surface area contributed by atoms with Gasteiger partial charge in [-0.15, -0.1) is 0 Å². The maximum Gasteiger partial charge on any atom is 0.126 e. The Bertz CT molecular complexity index is 863. The molecule has 2 heterocycles. The standard InChI is InChI=1S/C21H25FN4O/c1-3-14(2)10-18(13-27)25-20-11-16(8-9-23-20)19-12-24-26-21(19)15-4-6-17(22)7-5-15/h4-9,11-12,14,18,27H,3,10,13H2,1-2H3,(H,23,25)(H,24,26)/t14?,18-/m0/s1. The molecule has 142 valence electrons. The molecule has 3 aromatic rings. The predicted molar refractivity (Wildman–Crippen MR) is 106 cm³/mol. The lowest BCUT2D eigenvalue weighted by Gasteiger charge is -2.20. The normalized spacial score (nSPS) is 13.3. The van der Waals surface area contributed by atoms with Gasteiger partial charge in [0.15, 0.2) is 0 Å². The zero-order valence-electron chi connectivity index (χ0n) is 15.6. The molecular formula is C21H25FN4O. The molecule has 2 aromatic heterocycles. The van der Waals surface area contributed by atoms with Gasteiger partial charge in [-0.3, -0.25) is 5.10 Å². The summed E-state index contributed by atoms with van der Waals surface area (Å²) in [6.45, 7) is 4.38. The van der Waals surface area contributed by atoms with Gasteiger partial charge in [-0.05, 0) is 54.3 Å². The maximum atomic E-state index is 13.2. The Kier molecular flexibility index (Phi) is 6.19. The SMILES string of the molecule is CCC(C)C[C@@H](CO)Nc1cc(-c2cn[nH]c2-c2ccc(F)cc2)ccn1. The Hall–Kier alpha value is -2.73. The van der Waals surface area contributed by atoms with Crippen LogP contribution in [0.3, 0.4) is 0 Å². The Morgan fingerprint density at radius 2 is 1.96 bits per heavy atom. The van der Waals surface area contributed by atoms with Gasteiger partial charge < -0.3 is 10.4 Å². The fourth-order valence-corrected chi connectivity index (χ4v) is 3.06. The van der Waals surface area contributed by atoms with E-state index in [0.29, 0.717) is 11.7 Å². The van der Waals surface area contributed by atoms with Gasteiger partial charge in [-0.2, -0.15) is 5.10 Å². The summed E-state index contributed by atoms with van der Waals surface area (Å²) in [5.41, 5.74) is 3.54. The number of rotatable bonds is 8. The molecule has 1 aromatic carbocycles. The summed E-state index contributed by atoms with van der Waals surface area (Å²) < 4.78 is 13.2. The molecule has 5 nitrogen and oxygen atoms in total. The van der Waals surface area contributed by atoms with E-state index in [-0.39, 0.29) is 18.5 Å². The van der Waals surface area contributed by atoms with E-state index in [0.717, 1.165) is 35.2 Å². The van der Waals surface area contributed by atoms with Crippen LogP contribution in [0.25, 0.3) is 22.4 Å². The lowest BCUT2D eigenvalue weighted by molar-refractivity contribution is 0.255. The van der Waals surface area contributed by atoms with Gasteiger partial charge >= 0.3 is 0 Å². The fourth-order valence-electron chi connectivity index (χ4n) is 3.06. The largest absolute Gasteiger partial charge is 0.394 e. The van der Waals surface area contributed by atoms with Crippen LogP contribution in [0.2, 0.25) is 0 Å². The maximum absolute atomic E-state index is 13.2. The zero-order chi connectivity index (χ0) is 19.2. The van der Waals surface area contributed by atoms with Crippen LogP contribution in [-0.4, -0.2) is 32.9 Å². The second kappa shape index (κ2) is 8.77. The number of nitrogens with one attached hydrogen (secondary N) is 2. The quantitative estimate of drug-likeness (QED) is 0.548. The minimum atomic E-state index is -0.272. The smallest absolute Gasteiger partial charge is 0.126 e. The first-order valence-corrected chi connectivity index (χ1v) is 9.23. The van der Waals surface area contributed by atoms with Gasteiger partial charge in [0.1, 0.15) is 11.6 Å². The molecule has 0 amide bonds. The summed E-state index contributed by atoms with van der Waals surface area (Å²) in [4.78, 5) is 4.38.